The van der Waals surface area contributed by atoms with Gasteiger partial charge in [0.05, 0.1) is 5.03 Å². The molecule has 0 spiro atoms. The van der Waals surface area contributed by atoms with Crippen LogP contribution in [0.5, 0.6) is 0 Å². The van der Waals surface area contributed by atoms with E-state index >= 15 is 0 Å². The van der Waals surface area contributed by atoms with E-state index in [0.29, 0.717) is 0 Å². The maximum Gasteiger partial charge on any atom is 0.249 e. The molecule has 0 saturated heterocycles. The van der Waals surface area contributed by atoms with E-state index in [0.717, 1.165) is 21.4 Å². The zero-order valence-corrected chi connectivity index (χ0v) is 8.94. The molecule has 0 atom stereocenters. The lowest BCUT2D eigenvalue weighted by Crippen LogP contribution is -2.05. The summed E-state index contributed by atoms with van der Waals surface area (Å²) in [6.07, 6.45) is 1.97. The van der Waals surface area contributed by atoms with Gasteiger partial charge in [-0.2, -0.15) is 0 Å². The molecule has 0 bridgehead atoms. The minimum absolute atomic E-state index is 0.0313. The van der Waals surface area contributed by atoms with E-state index in [1.807, 2.05) is 31.4 Å². The third-order valence-corrected chi connectivity index (χ3v) is 3.02. The number of rotatable bonds is 1. The molecule has 0 radical (unpaired) electrons. The highest BCUT2D eigenvalue weighted by Gasteiger charge is 2.03. The standard InChI is InChI=1S/C11H11NOS/c1-7-4-3-5-8-9(7)6-10(13)12-11(8)14-2/h3-6H,1-2H3,(H,12,13). The van der Waals surface area contributed by atoms with Crippen molar-refractivity contribution < 1.29 is 0 Å². The summed E-state index contributed by atoms with van der Waals surface area (Å²) < 4.78 is 0. The first-order valence-electron chi connectivity index (χ1n) is 4.39. The summed E-state index contributed by atoms with van der Waals surface area (Å²) in [4.78, 5) is 14.2. The number of H-pyrrole nitrogens is 1. The van der Waals surface area contributed by atoms with Crippen molar-refractivity contribution in [1.82, 2.24) is 4.98 Å². The van der Waals surface area contributed by atoms with Crippen LogP contribution in [0.3, 0.4) is 0 Å². The van der Waals surface area contributed by atoms with Gasteiger partial charge in [-0.15, -0.1) is 11.8 Å². The van der Waals surface area contributed by atoms with Gasteiger partial charge in [-0.25, -0.2) is 0 Å². The van der Waals surface area contributed by atoms with E-state index in [2.05, 4.69) is 4.98 Å². The summed E-state index contributed by atoms with van der Waals surface area (Å²) in [5.41, 5.74) is 1.11. The summed E-state index contributed by atoms with van der Waals surface area (Å²) in [5, 5.41) is 3.11. The van der Waals surface area contributed by atoms with Crippen molar-refractivity contribution in [3.63, 3.8) is 0 Å². The lowest BCUT2D eigenvalue weighted by molar-refractivity contribution is 1.12. The molecule has 0 saturated carbocycles. The van der Waals surface area contributed by atoms with Crippen LogP contribution < -0.4 is 5.56 Å². The minimum atomic E-state index is -0.0313. The van der Waals surface area contributed by atoms with Crippen LogP contribution in [-0.2, 0) is 0 Å². The molecule has 14 heavy (non-hydrogen) atoms. The Morgan fingerprint density at radius 2 is 2.07 bits per heavy atom. The van der Waals surface area contributed by atoms with Crippen LogP contribution in [0.1, 0.15) is 5.56 Å². The molecule has 1 aromatic carbocycles. The van der Waals surface area contributed by atoms with Crippen molar-refractivity contribution in [3.05, 3.63) is 40.2 Å². The summed E-state index contributed by atoms with van der Waals surface area (Å²) in [7, 11) is 0. The molecular formula is C11H11NOS. The fourth-order valence-electron chi connectivity index (χ4n) is 1.58. The smallest absolute Gasteiger partial charge is 0.249 e. The van der Waals surface area contributed by atoms with Gasteiger partial charge >= 0.3 is 0 Å². The number of nitrogens with one attached hydrogen (secondary N) is 1. The molecule has 0 amide bonds. The molecule has 0 fully saturated rings. The lowest BCUT2D eigenvalue weighted by atomic mass is 10.1. The SMILES string of the molecule is CSc1[nH]c(=O)cc2c(C)cccc12. The van der Waals surface area contributed by atoms with Crippen LogP contribution in [0.4, 0.5) is 0 Å². The Hall–Kier alpha value is -1.22. The Bertz CT molecular complexity index is 530. The molecule has 72 valence electrons. The van der Waals surface area contributed by atoms with Gasteiger partial charge in [-0.05, 0) is 24.1 Å². The van der Waals surface area contributed by atoms with Crippen LogP contribution in [-0.4, -0.2) is 11.2 Å². The summed E-state index contributed by atoms with van der Waals surface area (Å²) >= 11 is 1.57. The Balaban J connectivity index is 2.94. The number of aryl methyl sites for hydroxylation is 1. The topological polar surface area (TPSA) is 32.9 Å². The molecular weight excluding hydrogens is 194 g/mol. The van der Waals surface area contributed by atoms with E-state index in [1.165, 1.54) is 0 Å². The number of hydrogen-bond acceptors (Lipinski definition) is 2. The number of hydrogen-bond donors (Lipinski definition) is 1. The van der Waals surface area contributed by atoms with Gasteiger partial charge in [0.1, 0.15) is 0 Å². The largest absolute Gasteiger partial charge is 0.317 e. The maximum absolute atomic E-state index is 11.3. The number of aromatic amines is 1. The molecule has 3 heteroatoms. The van der Waals surface area contributed by atoms with Crippen LogP contribution in [0.2, 0.25) is 0 Å². The third kappa shape index (κ3) is 1.44. The van der Waals surface area contributed by atoms with Gasteiger partial charge in [0.25, 0.3) is 0 Å². The van der Waals surface area contributed by atoms with Crippen LogP contribution in [0.15, 0.2) is 34.1 Å². The Morgan fingerprint density at radius 1 is 1.29 bits per heavy atom. The second-order valence-corrected chi connectivity index (χ2v) is 4.02. The predicted octanol–water partition coefficient (Wildman–Crippen LogP) is 2.56. The third-order valence-electron chi connectivity index (χ3n) is 2.29. The monoisotopic (exact) mass is 205 g/mol. The fourth-order valence-corrected chi connectivity index (χ4v) is 2.18. The Kier molecular flexibility index (Phi) is 2.33. The van der Waals surface area contributed by atoms with Crippen molar-refractivity contribution in [1.29, 1.82) is 0 Å². The molecule has 1 N–H and O–H groups in total. The van der Waals surface area contributed by atoms with Crippen molar-refractivity contribution in [2.45, 2.75) is 11.9 Å². The lowest BCUT2D eigenvalue weighted by Gasteiger charge is -2.04. The number of fused-ring (bicyclic) bond motifs is 1. The zero-order chi connectivity index (χ0) is 10.1. The molecule has 0 aliphatic heterocycles. The fraction of sp³-hybridized carbons (Fsp3) is 0.182. The van der Waals surface area contributed by atoms with Crippen LogP contribution in [0, 0.1) is 6.92 Å². The average molecular weight is 205 g/mol. The van der Waals surface area contributed by atoms with Crippen molar-refractivity contribution >= 4 is 22.5 Å². The predicted molar refractivity (Wildman–Crippen MR) is 61.1 cm³/mol. The highest BCUT2D eigenvalue weighted by atomic mass is 32.2. The van der Waals surface area contributed by atoms with E-state index < -0.39 is 0 Å². The van der Waals surface area contributed by atoms with Gasteiger partial charge in [-0.1, -0.05) is 18.2 Å². The first kappa shape index (κ1) is 9.34. The maximum atomic E-state index is 11.3. The second kappa shape index (κ2) is 3.50. The van der Waals surface area contributed by atoms with E-state index in [1.54, 1.807) is 17.8 Å². The number of thioether (sulfide) groups is 1. The molecule has 2 aromatic rings. The highest BCUT2D eigenvalue weighted by Crippen LogP contribution is 2.24. The number of pyridine rings is 1. The van der Waals surface area contributed by atoms with Gasteiger partial charge in [0, 0.05) is 11.5 Å². The normalized spacial score (nSPS) is 10.7. The molecule has 1 aromatic heterocycles. The Morgan fingerprint density at radius 3 is 2.79 bits per heavy atom. The summed E-state index contributed by atoms with van der Waals surface area (Å²) in [6.45, 7) is 2.02. The van der Waals surface area contributed by atoms with Gasteiger partial charge in [-0.3, -0.25) is 4.79 Å². The van der Waals surface area contributed by atoms with Gasteiger partial charge in [0.2, 0.25) is 5.56 Å². The van der Waals surface area contributed by atoms with Crippen molar-refractivity contribution in [3.8, 4) is 0 Å². The molecule has 2 nitrogen and oxygen atoms in total. The minimum Gasteiger partial charge on any atom is -0.317 e. The van der Waals surface area contributed by atoms with Crippen molar-refractivity contribution in [2.24, 2.45) is 0 Å². The van der Waals surface area contributed by atoms with Crippen molar-refractivity contribution in [2.75, 3.05) is 6.26 Å². The average Bonchev–Trinajstić information content (AvgIpc) is 2.18. The Labute approximate surface area is 86.3 Å². The molecule has 1 heterocycles. The number of aromatic nitrogens is 1. The highest BCUT2D eigenvalue weighted by molar-refractivity contribution is 7.98. The quantitative estimate of drug-likeness (QED) is 0.726. The van der Waals surface area contributed by atoms with Crippen LogP contribution in [0.25, 0.3) is 10.8 Å². The molecule has 0 aliphatic rings. The van der Waals surface area contributed by atoms with E-state index in [4.69, 9.17) is 0 Å². The second-order valence-electron chi connectivity index (χ2n) is 3.20. The van der Waals surface area contributed by atoms with Crippen LogP contribution >= 0.6 is 11.8 Å². The summed E-state index contributed by atoms with van der Waals surface area (Å²) in [6, 6.07) is 7.72. The first-order valence-corrected chi connectivity index (χ1v) is 5.61. The zero-order valence-electron chi connectivity index (χ0n) is 8.13. The first-order chi connectivity index (χ1) is 6.72. The number of benzene rings is 1. The molecule has 0 aliphatic carbocycles. The summed E-state index contributed by atoms with van der Waals surface area (Å²) in [5.74, 6) is 0. The van der Waals surface area contributed by atoms with E-state index in [9.17, 15) is 4.79 Å². The van der Waals surface area contributed by atoms with Gasteiger partial charge in [0.15, 0.2) is 0 Å². The van der Waals surface area contributed by atoms with E-state index in [-0.39, 0.29) is 5.56 Å². The molecule has 0 unspecified atom stereocenters. The molecule has 2 rings (SSSR count). The van der Waals surface area contributed by atoms with Gasteiger partial charge < -0.3 is 4.98 Å².